The quantitative estimate of drug-likeness (QED) is 0.754. The highest BCUT2D eigenvalue weighted by molar-refractivity contribution is 5.33. The molecule has 2 nitrogen and oxygen atoms in total. The highest BCUT2D eigenvalue weighted by Gasteiger charge is 2.36. The van der Waals surface area contributed by atoms with Gasteiger partial charge in [-0.05, 0) is 69.5 Å². The fourth-order valence-electron chi connectivity index (χ4n) is 3.02. The zero-order valence-electron chi connectivity index (χ0n) is 13.9. The Morgan fingerprint density at radius 3 is 2.00 bits per heavy atom. The molecule has 1 atom stereocenters. The van der Waals surface area contributed by atoms with Crippen LogP contribution in [0.5, 0.6) is 0 Å². The number of nitrogens with one attached hydrogen (secondary N) is 2. The molecule has 25 heavy (non-hydrogen) atoms. The van der Waals surface area contributed by atoms with Gasteiger partial charge in [-0.15, -0.1) is 0 Å². The van der Waals surface area contributed by atoms with Crippen molar-refractivity contribution in [2.45, 2.75) is 57.0 Å². The van der Waals surface area contributed by atoms with E-state index >= 15 is 0 Å². The minimum absolute atomic E-state index is 0.0204. The third-order valence-corrected chi connectivity index (χ3v) is 4.37. The topological polar surface area (TPSA) is 24.1 Å². The third-order valence-electron chi connectivity index (χ3n) is 4.37. The molecular formula is C17H22F6N2. The van der Waals surface area contributed by atoms with Gasteiger partial charge in [0.15, 0.2) is 0 Å². The molecule has 0 bridgehead atoms. The Morgan fingerprint density at radius 2 is 1.52 bits per heavy atom. The second kappa shape index (κ2) is 7.95. The maximum atomic E-state index is 12.9. The van der Waals surface area contributed by atoms with Crippen LogP contribution in [0.4, 0.5) is 26.3 Å². The van der Waals surface area contributed by atoms with Gasteiger partial charge < -0.3 is 10.6 Å². The van der Waals surface area contributed by atoms with Gasteiger partial charge in [-0.3, -0.25) is 0 Å². The van der Waals surface area contributed by atoms with E-state index in [2.05, 4.69) is 10.6 Å². The second-order valence-corrected chi connectivity index (χ2v) is 6.54. The third kappa shape index (κ3) is 6.18. The molecule has 1 fully saturated rings. The summed E-state index contributed by atoms with van der Waals surface area (Å²) >= 11 is 0. The van der Waals surface area contributed by atoms with Crippen LogP contribution in [0, 0.1) is 0 Å². The summed E-state index contributed by atoms with van der Waals surface area (Å²) in [5.74, 6) is 0. The fraction of sp³-hybridized carbons (Fsp3) is 0.647. The Morgan fingerprint density at radius 1 is 1.00 bits per heavy atom. The van der Waals surface area contributed by atoms with Crippen molar-refractivity contribution in [2.75, 3.05) is 13.1 Å². The van der Waals surface area contributed by atoms with Crippen molar-refractivity contribution >= 4 is 0 Å². The maximum absolute atomic E-state index is 12.9. The molecule has 0 spiro atoms. The molecule has 0 saturated carbocycles. The van der Waals surface area contributed by atoms with Gasteiger partial charge in [-0.2, -0.15) is 26.3 Å². The summed E-state index contributed by atoms with van der Waals surface area (Å²) in [6, 6.07) is 2.15. The van der Waals surface area contributed by atoms with E-state index in [-0.39, 0.29) is 24.1 Å². The van der Waals surface area contributed by atoms with Crippen LogP contribution in [0.1, 0.15) is 42.9 Å². The predicted octanol–water partition coefficient (Wildman–Crippen LogP) is 4.39. The monoisotopic (exact) mass is 368 g/mol. The van der Waals surface area contributed by atoms with Gasteiger partial charge >= 0.3 is 12.4 Å². The maximum Gasteiger partial charge on any atom is 0.416 e. The lowest BCUT2D eigenvalue weighted by Crippen LogP contribution is -2.43. The number of hydrogen-bond donors (Lipinski definition) is 2. The van der Waals surface area contributed by atoms with Gasteiger partial charge in [-0.1, -0.05) is 0 Å². The van der Waals surface area contributed by atoms with Crippen molar-refractivity contribution in [3.8, 4) is 0 Å². The Labute approximate surface area is 143 Å². The highest BCUT2D eigenvalue weighted by Crippen LogP contribution is 2.36. The standard InChI is InChI=1S/C17H22F6N2/c1-11(25-15-4-6-24-7-5-15)2-3-12-8-13(16(18,19)20)10-14(9-12)17(21,22)23/h8-11,15,24-25H,2-7H2,1H3. The first-order valence-electron chi connectivity index (χ1n) is 8.31. The molecule has 0 amide bonds. The van der Waals surface area contributed by atoms with E-state index in [9.17, 15) is 26.3 Å². The number of halogens is 6. The van der Waals surface area contributed by atoms with E-state index in [0.29, 0.717) is 12.5 Å². The summed E-state index contributed by atoms with van der Waals surface area (Å²) < 4.78 is 77.1. The Hall–Kier alpha value is -1.28. The molecule has 2 N–H and O–H groups in total. The summed E-state index contributed by atoms with van der Waals surface area (Å²) in [6.07, 6.45) is -7.03. The molecule has 142 valence electrons. The Kier molecular flexibility index (Phi) is 6.37. The fourth-order valence-corrected chi connectivity index (χ4v) is 3.02. The number of piperidine rings is 1. The molecule has 0 radical (unpaired) electrons. The van der Waals surface area contributed by atoms with Crippen LogP contribution in [-0.2, 0) is 18.8 Å². The molecule has 1 aromatic carbocycles. The molecule has 0 aliphatic carbocycles. The van der Waals surface area contributed by atoms with Crippen molar-refractivity contribution in [1.82, 2.24) is 10.6 Å². The molecule has 1 aliphatic heterocycles. The van der Waals surface area contributed by atoms with E-state index in [0.717, 1.165) is 38.1 Å². The average molecular weight is 368 g/mol. The van der Waals surface area contributed by atoms with Gasteiger partial charge in [0.2, 0.25) is 0 Å². The lowest BCUT2D eigenvalue weighted by molar-refractivity contribution is -0.143. The van der Waals surface area contributed by atoms with E-state index in [1.807, 2.05) is 6.92 Å². The summed E-state index contributed by atoms with van der Waals surface area (Å²) in [5, 5.41) is 6.63. The number of benzene rings is 1. The molecule has 1 unspecified atom stereocenters. The minimum atomic E-state index is -4.80. The predicted molar refractivity (Wildman–Crippen MR) is 83.3 cm³/mol. The van der Waals surface area contributed by atoms with Crippen LogP contribution in [0.15, 0.2) is 18.2 Å². The molecule has 0 aromatic heterocycles. The highest BCUT2D eigenvalue weighted by atomic mass is 19.4. The van der Waals surface area contributed by atoms with Crippen LogP contribution >= 0.6 is 0 Å². The number of aryl methyl sites for hydroxylation is 1. The Balaban J connectivity index is 2.04. The lowest BCUT2D eigenvalue weighted by Gasteiger charge is -2.27. The van der Waals surface area contributed by atoms with E-state index in [1.165, 1.54) is 0 Å². The van der Waals surface area contributed by atoms with E-state index < -0.39 is 23.5 Å². The normalized spacial score (nSPS) is 18.4. The first-order chi connectivity index (χ1) is 11.6. The van der Waals surface area contributed by atoms with Crippen molar-refractivity contribution in [3.63, 3.8) is 0 Å². The largest absolute Gasteiger partial charge is 0.416 e. The lowest BCUT2D eigenvalue weighted by atomic mass is 9.99. The van der Waals surface area contributed by atoms with Crippen molar-refractivity contribution in [2.24, 2.45) is 0 Å². The molecule has 1 heterocycles. The van der Waals surface area contributed by atoms with Gasteiger partial charge in [0.1, 0.15) is 0 Å². The second-order valence-electron chi connectivity index (χ2n) is 6.54. The van der Waals surface area contributed by atoms with Crippen molar-refractivity contribution in [1.29, 1.82) is 0 Å². The van der Waals surface area contributed by atoms with Crippen molar-refractivity contribution < 1.29 is 26.3 Å². The van der Waals surface area contributed by atoms with Gasteiger partial charge in [0.25, 0.3) is 0 Å². The minimum Gasteiger partial charge on any atom is -0.317 e. The molecule has 2 rings (SSSR count). The van der Waals surface area contributed by atoms with E-state index in [1.54, 1.807) is 0 Å². The smallest absolute Gasteiger partial charge is 0.317 e. The van der Waals surface area contributed by atoms with Crippen LogP contribution in [-0.4, -0.2) is 25.2 Å². The molecule has 1 saturated heterocycles. The van der Waals surface area contributed by atoms with Gasteiger partial charge in [-0.25, -0.2) is 0 Å². The summed E-state index contributed by atoms with van der Waals surface area (Å²) in [4.78, 5) is 0. The SMILES string of the molecule is CC(CCc1cc(C(F)(F)F)cc(C(F)(F)F)c1)NC1CCNCC1. The number of alkyl halides is 6. The zero-order chi connectivity index (χ0) is 18.7. The van der Waals surface area contributed by atoms with Gasteiger partial charge in [0, 0.05) is 12.1 Å². The van der Waals surface area contributed by atoms with Crippen LogP contribution in [0.25, 0.3) is 0 Å². The van der Waals surface area contributed by atoms with Gasteiger partial charge in [0.05, 0.1) is 11.1 Å². The average Bonchev–Trinajstić information content (AvgIpc) is 2.52. The summed E-state index contributed by atoms with van der Waals surface area (Å²) in [6.45, 7) is 3.72. The first kappa shape index (κ1) is 20.0. The molecule has 1 aliphatic rings. The first-order valence-corrected chi connectivity index (χ1v) is 8.31. The zero-order valence-corrected chi connectivity index (χ0v) is 13.9. The summed E-state index contributed by atoms with van der Waals surface area (Å²) in [7, 11) is 0. The molecular weight excluding hydrogens is 346 g/mol. The Bertz CT molecular complexity index is 529. The molecule has 1 aromatic rings. The van der Waals surface area contributed by atoms with Crippen LogP contribution in [0.2, 0.25) is 0 Å². The van der Waals surface area contributed by atoms with Crippen LogP contribution in [0.3, 0.4) is 0 Å². The number of rotatable bonds is 5. The summed E-state index contributed by atoms with van der Waals surface area (Å²) in [5.41, 5.74) is -2.45. The van der Waals surface area contributed by atoms with Crippen LogP contribution < -0.4 is 10.6 Å². The van der Waals surface area contributed by atoms with Crippen molar-refractivity contribution in [3.05, 3.63) is 34.9 Å². The molecule has 8 heteroatoms. The number of hydrogen-bond acceptors (Lipinski definition) is 2. The van der Waals surface area contributed by atoms with E-state index in [4.69, 9.17) is 0 Å².